The predicted molar refractivity (Wildman–Crippen MR) is 79.2 cm³/mol. The Morgan fingerprint density at radius 1 is 1.39 bits per heavy atom. The summed E-state index contributed by atoms with van der Waals surface area (Å²) in [5.74, 6) is 1.93. The summed E-state index contributed by atoms with van der Waals surface area (Å²) in [4.78, 5) is 11.2. The molecule has 4 nitrogen and oxygen atoms in total. The minimum atomic E-state index is 0.678. The molecule has 1 fully saturated rings. The number of rotatable bonds is 7. The van der Waals surface area contributed by atoms with Crippen LogP contribution in [0.1, 0.15) is 39.5 Å². The Hall–Kier alpha value is -0.840. The normalized spacial score (nSPS) is 14.6. The molecule has 1 heterocycles. The van der Waals surface area contributed by atoms with Gasteiger partial charge in [0.25, 0.3) is 0 Å². The fourth-order valence-electron chi connectivity index (χ4n) is 2.03. The first-order valence-electron chi connectivity index (χ1n) is 6.78. The standard InChI is InChI=1S/C13H21BrN4/c1-3-5-8-18(10-6-7-10)13-11(14)12(15-4-2)16-9-17-13/h9-10H,3-8H2,1-2H3,(H,15,16,17). The minimum absolute atomic E-state index is 0.678. The predicted octanol–water partition coefficient (Wildman–Crippen LogP) is 3.44. The largest absolute Gasteiger partial charge is 0.369 e. The molecular weight excluding hydrogens is 292 g/mol. The minimum Gasteiger partial charge on any atom is -0.369 e. The Morgan fingerprint density at radius 3 is 2.78 bits per heavy atom. The molecule has 5 heteroatoms. The molecule has 18 heavy (non-hydrogen) atoms. The summed E-state index contributed by atoms with van der Waals surface area (Å²) in [5.41, 5.74) is 0. The van der Waals surface area contributed by atoms with E-state index in [0.29, 0.717) is 6.04 Å². The Bertz CT molecular complexity index is 393. The molecule has 1 aliphatic carbocycles. The van der Waals surface area contributed by atoms with Gasteiger partial charge in [-0.05, 0) is 42.1 Å². The van der Waals surface area contributed by atoms with Gasteiger partial charge in [-0.3, -0.25) is 0 Å². The average Bonchev–Trinajstić information content (AvgIpc) is 3.19. The molecule has 2 rings (SSSR count). The van der Waals surface area contributed by atoms with E-state index in [1.54, 1.807) is 6.33 Å². The molecule has 0 aliphatic heterocycles. The summed E-state index contributed by atoms with van der Waals surface area (Å²) >= 11 is 3.64. The van der Waals surface area contributed by atoms with Crippen LogP contribution in [0, 0.1) is 0 Å². The van der Waals surface area contributed by atoms with Crippen molar-refractivity contribution in [3.63, 3.8) is 0 Å². The molecule has 1 aromatic heterocycles. The smallest absolute Gasteiger partial charge is 0.148 e. The summed E-state index contributed by atoms with van der Waals surface area (Å²) in [7, 11) is 0. The van der Waals surface area contributed by atoms with Crippen LogP contribution >= 0.6 is 15.9 Å². The Balaban J connectivity index is 2.20. The Labute approximate surface area is 117 Å². The molecule has 1 saturated carbocycles. The van der Waals surface area contributed by atoms with E-state index < -0.39 is 0 Å². The van der Waals surface area contributed by atoms with Crippen molar-refractivity contribution < 1.29 is 0 Å². The number of hydrogen-bond donors (Lipinski definition) is 1. The fourth-order valence-corrected chi connectivity index (χ4v) is 2.60. The SMILES string of the molecule is CCCCN(c1ncnc(NCC)c1Br)C1CC1. The zero-order chi connectivity index (χ0) is 13.0. The molecule has 0 unspecified atom stereocenters. The number of nitrogens with zero attached hydrogens (tertiary/aromatic N) is 3. The third-order valence-electron chi connectivity index (χ3n) is 3.13. The van der Waals surface area contributed by atoms with Crippen LogP contribution < -0.4 is 10.2 Å². The second kappa shape index (κ2) is 6.36. The molecular formula is C13H21BrN4. The van der Waals surface area contributed by atoms with Crippen molar-refractivity contribution >= 4 is 27.6 Å². The number of unbranched alkanes of at least 4 members (excludes halogenated alkanes) is 1. The second-order valence-electron chi connectivity index (χ2n) is 4.67. The number of halogens is 1. The van der Waals surface area contributed by atoms with Gasteiger partial charge in [-0.25, -0.2) is 9.97 Å². The monoisotopic (exact) mass is 312 g/mol. The molecule has 1 N–H and O–H groups in total. The zero-order valence-corrected chi connectivity index (χ0v) is 12.7. The number of nitrogens with one attached hydrogen (secondary N) is 1. The summed E-state index contributed by atoms with van der Waals surface area (Å²) in [5, 5.41) is 3.26. The first-order valence-corrected chi connectivity index (χ1v) is 7.58. The van der Waals surface area contributed by atoms with E-state index in [1.165, 1.54) is 25.7 Å². The maximum Gasteiger partial charge on any atom is 0.148 e. The molecule has 0 spiro atoms. The lowest BCUT2D eigenvalue weighted by Gasteiger charge is -2.25. The van der Waals surface area contributed by atoms with Crippen molar-refractivity contribution in [1.82, 2.24) is 9.97 Å². The van der Waals surface area contributed by atoms with E-state index in [4.69, 9.17) is 0 Å². The molecule has 0 saturated heterocycles. The van der Waals surface area contributed by atoms with Gasteiger partial charge in [-0.15, -0.1) is 0 Å². The quantitative estimate of drug-likeness (QED) is 0.837. The van der Waals surface area contributed by atoms with Crippen LogP contribution in [0.3, 0.4) is 0 Å². The maximum atomic E-state index is 4.46. The second-order valence-corrected chi connectivity index (χ2v) is 5.46. The van der Waals surface area contributed by atoms with E-state index in [1.807, 2.05) is 0 Å². The number of anilines is 2. The van der Waals surface area contributed by atoms with Crippen LogP contribution in [0.4, 0.5) is 11.6 Å². The van der Waals surface area contributed by atoms with Crippen molar-refractivity contribution in [3.05, 3.63) is 10.8 Å². The average molecular weight is 313 g/mol. The van der Waals surface area contributed by atoms with Gasteiger partial charge in [-0.2, -0.15) is 0 Å². The van der Waals surface area contributed by atoms with Crippen molar-refractivity contribution in [2.75, 3.05) is 23.3 Å². The van der Waals surface area contributed by atoms with Crippen LogP contribution in [0.15, 0.2) is 10.8 Å². The highest BCUT2D eigenvalue weighted by Crippen LogP contribution is 2.36. The molecule has 100 valence electrons. The third kappa shape index (κ3) is 3.13. The van der Waals surface area contributed by atoms with Gasteiger partial charge in [-0.1, -0.05) is 13.3 Å². The molecule has 1 aromatic rings. The van der Waals surface area contributed by atoms with Gasteiger partial charge >= 0.3 is 0 Å². The summed E-state index contributed by atoms with van der Waals surface area (Å²) in [6.07, 6.45) is 6.66. The van der Waals surface area contributed by atoms with Crippen LogP contribution in [0.2, 0.25) is 0 Å². The summed E-state index contributed by atoms with van der Waals surface area (Å²) in [6.45, 7) is 6.25. The fraction of sp³-hybridized carbons (Fsp3) is 0.692. The van der Waals surface area contributed by atoms with E-state index in [9.17, 15) is 0 Å². The van der Waals surface area contributed by atoms with Crippen LogP contribution in [0.25, 0.3) is 0 Å². The molecule has 0 aromatic carbocycles. The Kier molecular flexibility index (Phi) is 4.80. The zero-order valence-electron chi connectivity index (χ0n) is 11.1. The molecule has 0 amide bonds. The molecule has 0 atom stereocenters. The van der Waals surface area contributed by atoms with E-state index in [0.717, 1.165) is 29.2 Å². The first kappa shape index (κ1) is 13.6. The third-order valence-corrected chi connectivity index (χ3v) is 3.86. The summed E-state index contributed by atoms with van der Waals surface area (Å²) < 4.78 is 0.995. The van der Waals surface area contributed by atoms with Gasteiger partial charge in [0.1, 0.15) is 22.4 Å². The maximum absolute atomic E-state index is 4.46. The lowest BCUT2D eigenvalue weighted by Crippen LogP contribution is -2.28. The lowest BCUT2D eigenvalue weighted by molar-refractivity contribution is 0.702. The van der Waals surface area contributed by atoms with E-state index >= 15 is 0 Å². The highest BCUT2D eigenvalue weighted by Gasteiger charge is 2.31. The molecule has 0 radical (unpaired) electrons. The number of hydrogen-bond acceptors (Lipinski definition) is 4. The topological polar surface area (TPSA) is 41.1 Å². The van der Waals surface area contributed by atoms with Crippen molar-refractivity contribution in [2.45, 2.75) is 45.6 Å². The van der Waals surface area contributed by atoms with Gasteiger partial charge in [0.05, 0.1) is 0 Å². The lowest BCUT2D eigenvalue weighted by atomic mass is 10.3. The van der Waals surface area contributed by atoms with Gasteiger partial charge < -0.3 is 10.2 Å². The highest BCUT2D eigenvalue weighted by atomic mass is 79.9. The first-order chi connectivity index (χ1) is 8.77. The van der Waals surface area contributed by atoms with Crippen molar-refractivity contribution in [1.29, 1.82) is 0 Å². The van der Waals surface area contributed by atoms with E-state index in [-0.39, 0.29) is 0 Å². The van der Waals surface area contributed by atoms with Crippen LogP contribution in [-0.4, -0.2) is 29.1 Å². The summed E-state index contributed by atoms with van der Waals surface area (Å²) in [6, 6.07) is 0.678. The van der Waals surface area contributed by atoms with Crippen molar-refractivity contribution in [2.24, 2.45) is 0 Å². The van der Waals surface area contributed by atoms with Crippen LogP contribution in [-0.2, 0) is 0 Å². The molecule has 1 aliphatic rings. The van der Waals surface area contributed by atoms with Crippen molar-refractivity contribution in [3.8, 4) is 0 Å². The van der Waals surface area contributed by atoms with E-state index in [2.05, 4.69) is 50.0 Å². The van der Waals surface area contributed by atoms with Gasteiger partial charge in [0.2, 0.25) is 0 Å². The van der Waals surface area contributed by atoms with Crippen LogP contribution in [0.5, 0.6) is 0 Å². The molecule has 0 bridgehead atoms. The Morgan fingerprint density at radius 2 is 2.17 bits per heavy atom. The number of aromatic nitrogens is 2. The van der Waals surface area contributed by atoms with Gasteiger partial charge in [0.15, 0.2) is 0 Å². The highest BCUT2D eigenvalue weighted by molar-refractivity contribution is 9.10. The van der Waals surface area contributed by atoms with Gasteiger partial charge in [0, 0.05) is 19.1 Å².